The highest BCUT2D eigenvalue weighted by atomic mass is 16.5. The summed E-state index contributed by atoms with van der Waals surface area (Å²) in [4.78, 5) is 12.2. The van der Waals surface area contributed by atoms with Crippen molar-refractivity contribution in [3.63, 3.8) is 0 Å². The first-order valence-corrected chi connectivity index (χ1v) is 9.46. The molecule has 0 aliphatic heterocycles. The van der Waals surface area contributed by atoms with E-state index in [0.29, 0.717) is 18.1 Å². The quantitative estimate of drug-likeness (QED) is 0.773. The first-order valence-electron chi connectivity index (χ1n) is 9.46. The summed E-state index contributed by atoms with van der Waals surface area (Å²) in [7, 11) is 1.60. The van der Waals surface area contributed by atoms with Gasteiger partial charge in [0.05, 0.1) is 13.2 Å². The number of carbonyl (C=O) groups is 1. The van der Waals surface area contributed by atoms with E-state index in [0.717, 1.165) is 18.6 Å². The van der Waals surface area contributed by atoms with Crippen molar-refractivity contribution in [1.82, 2.24) is 5.32 Å². The second-order valence-electron chi connectivity index (χ2n) is 6.82. The molecule has 2 aromatic rings. The molecule has 0 spiro atoms. The van der Waals surface area contributed by atoms with Crippen LogP contribution in [0.4, 0.5) is 0 Å². The Morgan fingerprint density at radius 2 is 1.74 bits per heavy atom. The fourth-order valence-corrected chi connectivity index (χ4v) is 3.34. The zero-order valence-corrected chi connectivity index (χ0v) is 16.0. The Morgan fingerprint density at radius 3 is 2.56 bits per heavy atom. The van der Waals surface area contributed by atoms with Crippen LogP contribution in [0.2, 0.25) is 0 Å². The lowest BCUT2D eigenvalue weighted by Gasteiger charge is -2.20. The van der Waals surface area contributed by atoms with Gasteiger partial charge in [-0.15, -0.1) is 0 Å². The Bertz CT molecular complexity index is 775. The second-order valence-corrected chi connectivity index (χ2v) is 6.82. The summed E-state index contributed by atoms with van der Waals surface area (Å²) in [6.45, 7) is 2.26. The number of hydrogen-bond acceptors (Lipinski definition) is 4. The van der Waals surface area contributed by atoms with Gasteiger partial charge in [0.2, 0.25) is 0 Å². The molecule has 5 nitrogen and oxygen atoms in total. The molecule has 2 aromatic carbocycles. The number of para-hydroxylation sites is 2. The molecule has 144 valence electrons. The van der Waals surface area contributed by atoms with Gasteiger partial charge in [-0.3, -0.25) is 4.79 Å². The summed E-state index contributed by atoms with van der Waals surface area (Å²) in [5.41, 5.74) is 2.60. The predicted octanol–water partition coefficient (Wildman–Crippen LogP) is 3.54. The van der Waals surface area contributed by atoms with E-state index >= 15 is 0 Å². The van der Waals surface area contributed by atoms with Gasteiger partial charge in [0, 0.05) is 0 Å². The molecule has 1 atom stereocenters. The van der Waals surface area contributed by atoms with Gasteiger partial charge >= 0.3 is 0 Å². The number of rotatable bonds is 8. The van der Waals surface area contributed by atoms with Crippen LogP contribution in [-0.4, -0.2) is 32.3 Å². The minimum atomic E-state index is -0.153. The molecule has 0 aromatic heterocycles. The largest absolute Gasteiger partial charge is 0.493 e. The van der Waals surface area contributed by atoms with Crippen LogP contribution < -0.4 is 19.5 Å². The van der Waals surface area contributed by atoms with E-state index in [4.69, 9.17) is 14.2 Å². The predicted molar refractivity (Wildman–Crippen MR) is 105 cm³/mol. The fraction of sp³-hybridized carbons (Fsp3) is 0.409. The third-order valence-electron chi connectivity index (χ3n) is 4.68. The van der Waals surface area contributed by atoms with E-state index < -0.39 is 0 Å². The van der Waals surface area contributed by atoms with Gasteiger partial charge in [0.15, 0.2) is 18.1 Å². The van der Waals surface area contributed by atoms with E-state index in [1.807, 2.05) is 43.3 Å². The fourth-order valence-electron chi connectivity index (χ4n) is 3.34. The third kappa shape index (κ3) is 5.16. The maximum atomic E-state index is 12.2. The summed E-state index contributed by atoms with van der Waals surface area (Å²) in [6, 6.07) is 13.4. The van der Waals surface area contributed by atoms with Crippen LogP contribution in [0.15, 0.2) is 42.5 Å². The van der Waals surface area contributed by atoms with Crippen LogP contribution >= 0.6 is 0 Å². The van der Waals surface area contributed by atoms with Crippen molar-refractivity contribution in [1.29, 1.82) is 0 Å². The number of hydrogen-bond donors (Lipinski definition) is 1. The molecular formula is C22H27NO4. The molecular weight excluding hydrogens is 342 g/mol. The molecule has 27 heavy (non-hydrogen) atoms. The van der Waals surface area contributed by atoms with Gasteiger partial charge in [-0.05, 0) is 61.9 Å². The lowest BCUT2D eigenvalue weighted by molar-refractivity contribution is -0.123. The van der Waals surface area contributed by atoms with Gasteiger partial charge in [-0.2, -0.15) is 0 Å². The zero-order valence-electron chi connectivity index (χ0n) is 16.0. The SMILES string of the molecule is COc1ccccc1OC[C@@H](C)NC(=O)COc1cccc2c1CCCC2. The molecule has 0 saturated heterocycles. The Morgan fingerprint density at radius 1 is 1.00 bits per heavy atom. The van der Waals surface area contributed by atoms with Gasteiger partial charge in [0.1, 0.15) is 12.4 Å². The molecule has 1 amide bonds. The average molecular weight is 369 g/mol. The number of amides is 1. The summed E-state index contributed by atoms with van der Waals surface area (Å²) in [5.74, 6) is 2.02. The zero-order chi connectivity index (χ0) is 19.1. The summed E-state index contributed by atoms with van der Waals surface area (Å²) in [6.07, 6.45) is 4.52. The van der Waals surface area contributed by atoms with Crippen LogP contribution in [-0.2, 0) is 17.6 Å². The standard InChI is InChI=1S/C22H27NO4/c1-16(14-26-21-12-6-5-11-20(21)25-2)23-22(24)15-27-19-13-7-9-17-8-3-4-10-18(17)19/h5-7,9,11-13,16H,3-4,8,10,14-15H2,1-2H3,(H,23,24)/t16-/m1/s1. The van der Waals surface area contributed by atoms with Gasteiger partial charge in [-0.25, -0.2) is 0 Å². The van der Waals surface area contributed by atoms with E-state index in [2.05, 4.69) is 11.4 Å². The van der Waals surface area contributed by atoms with Crippen molar-refractivity contribution in [3.05, 3.63) is 53.6 Å². The molecule has 0 unspecified atom stereocenters. The van der Waals surface area contributed by atoms with Crippen LogP contribution in [0.1, 0.15) is 30.9 Å². The van der Waals surface area contributed by atoms with Crippen LogP contribution in [0.25, 0.3) is 0 Å². The topological polar surface area (TPSA) is 56.8 Å². The number of methoxy groups -OCH3 is 1. The monoisotopic (exact) mass is 369 g/mol. The van der Waals surface area contributed by atoms with E-state index in [1.165, 1.54) is 24.0 Å². The Hall–Kier alpha value is -2.69. The number of carbonyl (C=O) groups excluding carboxylic acids is 1. The lowest BCUT2D eigenvalue weighted by atomic mass is 9.91. The van der Waals surface area contributed by atoms with Crippen molar-refractivity contribution in [3.8, 4) is 17.2 Å². The Kier molecular flexibility index (Phi) is 6.58. The van der Waals surface area contributed by atoms with Crippen LogP contribution in [0.3, 0.4) is 0 Å². The Labute approximate surface area is 160 Å². The van der Waals surface area contributed by atoms with Crippen molar-refractivity contribution >= 4 is 5.91 Å². The summed E-state index contributed by atoms with van der Waals surface area (Å²) < 4.78 is 16.8. The molecule has 1 aliphatic carbocycles. The maximum absolute atomic E-state index is 12.2. The molecule has 3 rings (SSSR count). The second kappa shape index (κ2) is 9.31. The maximum Gasteiger partial charge on any atom is 0.258 e. The van der Waals surface area contributed by atoms with Crippen LogP contribution in [0.5, 0.6) is 17.2 Å². The van der Waals surface area contributed by atoms with Crippen molar-refractivity contribution < 1.29 is 19.0 Å². The number of nitrogens with one attached hydrogen (secondary N) is 1. The molecule has 1 N–H and O–H groups in total. The molecule has 0 bridgehead atoms. The normalized spacial score (nSPS) is 14.0. The average Bonchev–Trinajstić information content (AvgIpc) is 2.71. The highest BCUT2D eigenvalue weighted by Gasteiger charge is 2.15. The van der Waals surface area contributed by atoms with Gasteiger partial charge in [-0.1, -0.05) is 24.3 Å². The van der Waals surface area contributed by atoms with Gasteiger partial charge < -0.3 is 19.5 Å². The first kappa shape index (κ1) is 19.1. The number of fused-ring (bicyclic) bond motifs is 1. The van der Waals surface area contributed by atoms with Crippen LogP contribution in [0, 0.1) is 0 Å². The third-order valence-corrected chi connectivity index (χ3v) is 4.68. The molecule has 0 saturated carbocycles. The smallest absolute Gasteiger partial charge is 0.258 e. The molecule has 0 heterocycles. The summed E-state index contributed by atoms with van der Waals surface area (Å²) in [5, 5.41) is 2.91. The van der Waals surface area contributed by atoms with E-state index in [1.54, 1.807) is 7.11 Å². The molecule has 5 heteroatoms. The van der Waals surface area contributed by atoms with Crippen molar-refractivity contribution in [2.75, 3.05) is 20.3 Å². The molecule has 0 fully saturated rings. The highest BCUT2D eigenvalue weighted by Crippen LogP contribution is 2.29. The number of benzene rings is 2. The van der Waals surface area contributed by atoms with E-state index in [-0.39, 0.29) is 18.6 Å². The minimum Gasteiger partial charge on any atom is -0.493 e. The highest BCUT2D eigenvalue weighted by molar-refractivity contribution is 5.77. The van der Waals surface area contributed by atoms with Crippen molar-refractivity contribution in [2.24, 2.45) is 0 Å². The number of ether oxygens (including phenoxy) is 3. The first-order chi connectivity index (χ1) is 13.2. The van der Waals surface area contributed by atoms with E-state index in [9.17, 15) is 4.79 Å². The lowest BCUT2D eigenvalue weighted by Crippen LogP contribution is -2.39. The van der Waals surface area contributed by atoms with Crippen molar-refractivity contribution in [2.45, 2.75) is 38.6 Å². The summed E-state index contributed by atoms with van der Waals surface area (Å²) >= 11 is 0. The Balaban J connectivity index is 1.47. The minimum absolute atomic E-state index is 0.00938. The van der Waals surface area contributed by atoms with Gasteiger partial charge in [0.25, 0.3) is 5.91 Å². The molecule has 1 aliphatic rings. The number of aryl methyl sites for hydroxylation is 1. The molecule has 0 radical (unpaired) electrons.